The highest BCUT2D eigenvalue weighted by atomic mass is 16.5. The Labute approximate surface area is 159 Å². The Kier molecular flexibility index (Phi) is 5.38. The predicted octanol–water partition coefficient (Wildman–Crippen LogP) is 1.98. The summed E-state index contributed by atoms with van der Waals surface area (Å²) in [7, 11) is 0. The Hall–Kier alpha value is -2.41. The molecule has 27 heavy (non-hydrogen) atoms. The van der Waals surface area contributed by atoms with Crippen molar-refractivity contribution in [1.29, 1.82) is 0 Å². The molecule has 144 valence electrons. The van der Waals surface area contributed by atoms with Crippen LogP contribution in [-0.4, -0.2) is 58.6 Å². The van der Waals surface area contributed by atoms with Crippen molar-refractivity contribution in [3.8, 4) is 5.75 Å². The Morgan fingerprint density at radius 2 is 2.07 bits per heavy atom. The zero-order valence-corrected chi connectivity index (χ0v) is 15.8. The molecule has 0 atom stereocenters. The number of hydrogen-bond acceptors (Lipinski definition) is 6. The zero-order valence-electron chi connectivity index (χ0n) is 15.8. The smallest absolute Gasteiger partial charge is 0.226 e. The van der Waals surface area contributed by atoms with Crippen molar-refractivity contribution < 1.29 is 14.1 Å². The van der Waals surface area contributed by atoms with Crippen LogP contribution in [0.3, 0.4) is 0 Å². The summed E-state index contributed by atoms with van der Waals surface area (Å²) in [5.74, 6) is 2.51. The number of carbonyl (C=O) groups excluding carboxylic acids is 1. The van der Waals surface area contributed by atoms with Crippen LogP contribution in [0.5, 0.6) is 5.75 Å². The van der Waals surface area contributed by atoms with Crippen LogP contribution in [-0.2, 0) is 24.2 Å². The monoisotopic (exact) mass is 370 g/mol. The molecular formula is C20H26N4O3. The number of aromatic nitrogens is 2. The third kappa shape index (κ3) is 4.47. The van der Waals surface area contributed by atoms with E-state index in [2.05, 4.69) is 33.2 Å². The van der Waals surface area contributed by atoms with Gasteiger partial charge in [0, 0.05) is 52.0 Å². The molecule has 7 nitrogen and oxygen atoms in total. The summed E-state index contributed by atoms with van der Waals surface area (Å²) in [6, 6.07) is 6.50. The van der Waals surface area contributed by atoms with E-state index < -0.39 is 0 Å². The normalized spacial score (nSPS) is 17.0. The molecule has 0 spiro atoms. The van der Waals surface area contributed by atoms with Crippen molar-refractivity contribution in [1.82, 2.24) is 19.9 Å². The first-order valence-electron chi connectivity index (χ1n) is 9.71. The van der Waals surface area contributed by atoms with Gasteiger partial charge in [-0.25, -0.2) is 0 Å². The maximum absolute atomic E-state index is 12.4. The molecule has 0 bridgehead atoms. The average molecular weight is 370 g/mol. The van der Waals surface area contributed by atoms with Crippen LogP contribution in [0.2, 0.25) is 0 Å². The lowest BCUT2D eigenvalue weighted by atomic mass is 10.1. The van der Waals surface area contributed by atoms with Gasteiger partial charge in [-0.05, 0) is 30.5 Å². The van der Waals surface area contributed by atoms with Crippen LogP contribution in [0.25, 0.3) is 0 Å². The topological polar surface area (TPSA) is 71.7 Å². The van der Waals surface area contributed by atoms with Gasteiger partial charge in [0.15, 0.2) is 5.82 Å². The zero-order chi connectivity index (χ0) is 18.6. The summed E-state index contributed by atoms with van der Waals surface area (Å²) >= 11 is 0. The van der Waals surface area contributed by atoms with E-state index in [4.69, 9.17) is 9.26 Å². The standard InChI is InChI=1S/C20H26N4O3/c1-15-21-19(27-22-15)3-2-4-20(25)24-10-8-23(9-11-24)14-16-5-6-18-17(13-16)7-12-26-18/h5-6,13H,2-4,7-12,14H2,1H3. The first-order chi connectivity index (χ1) is 13.2. The predicted molar refractivity (Wildman–Crippen MR) is 99.5 cm³/mol. The summed E-state index contributed by atoms with van der Waals surface area (Å²) < 4.78 is 10.7. The molecular weight excluding hydrogens is 344 g/mol. The molecule has 1 amide bonds. The summed E-state index contributed by atoms with van der Waals surface area (Å²) in [6.45, 7) is 6.97. The average Bonchev–Trinajstić information content (AvgIpc) is 3.30. The highest BCUT2D eigenvalue weighted by Gasteiger charge is 2.21. The Morgan fingerprint density at radius 1 is 1.22 bits per heavy atom. The summed E-state index contributed by atoms with van der Waals surface area (Å²) in [5, 5.41) is 3.77. The molecule has 1 saturated heterocycles. The molecule has 0 unspecified atom stereocenters. The minimum atomic E-state index is 0.223. The van der Waals surface area contributed by atoms with Gasteiger partial charge in [-0.15, -0.1) is 0 Å². The number of piperazine rings is 1. The number of benzene rings is 1. The van der Waals surface area contributed by atoms with Crippen LogP contribution in [0, 0.1) is 6.92 Å². The van der Waals surface area contributed by atoms with E-state index in [9.17, 15) is 4.79 Å². The lowest BCUT2D eigenvalue weighted by Gasteiger charge is -2.35. The van der Waals surface area contributed by atoms with Crippen LogP contribution in [0.1, 0.15) is 35.7 Å². The van der Waals surface area contributed by atoms with Gasteiger partial charge in [0.1, 0.15) is 5.75 Å². The molecule has 0 aliphatic carbocycles. The van der Waals surface area contributed by atoms with Crippen molar-refractivity contribution in [2.75, 3.05) is 32.8 Å². The molecule has 7 heteroatoms. The lowest BCUT2D eigenvalue weighted by molar-refractivity contribution is -0.133. The summed E-state index contributed by atoms with van der Waals surface area (Å²) in [4.78, 5) is 21.0. The molecule has 0 radical (unpaired) electrons. The third-order valence-corrected chi connectivity index (χ3v) is 5.24. The van der Waals surface area contributed by atoms with E-state index in [0.717, 1.165) is 57.9 Å². The minimum absolute atomic E-state index is 0.223. The fraction of sp³-hybridized carbons (Fsp3) is 0.550. The van der Waals surface area contributed by atoms with Crippen molar-refractivity contribution in [3.05, 3.63) is 41.0 Å². The summed E-state index contributed by atoms with van der Waals surface area (Å²) in [6.07, 6.45) is 2.95. The number of rotatable bonds is 6. The molecule has 2 aromatic rings. The van der Waals surface area contributed by atoms with Crippen LogP contribution in [0.15, 0.2) is 22.7 Å². The molecule has 4 rings (SSSR count). The molecule has 1 aromatic heterocycles. The third-order valence-electron chi connectivity index (χ3n) is 5.24. The molecule has 0 saturated carbocycles. The van der Waals surface area contributed by atoms with Gasteiger partial charge in [0.05, 0.1) is 6.61 Å². The SMILES string of the molecule is Cc1noc(CCCC(=O)N2CCN(Cc3ccc4c(c3)CCO4)CC2)n1. The highest BCUT2D eigenvalue weighted by molar-refractivity contribution is 5.76. The molecule has 1 fully saturated rings. The van der Waals surface area contributed by atoms with Crippen molar-refractivity contribution >= 4 is 5.91 Å². The second-order valence-electron chi connectivity index (χ2n) is 7.29. The van der Waals surface area contributed by atoms with Gasteiger partial charge in [-0.3, -0.25) is 9.69 Å². The van der Waals surface area contributed by atoms with Crippen LogP contribution in [0.4, 0.5) is 0 Å². The minimum Gasteiger partial charge on any atom is -0.493 e. The van der Waals surface area contributed by atoms with Crippen LogP contribution < -0.4 is 4.74 Å². The molecule has 2 aliphatic heterocycles. The first-order valence-corrected chi connectivity index (χ1v) is 9.71. The molecule has 1 aromatic carbocycles. The fourth-order valence-corrected chi connectivity index (χ4v) is 3.74. The lowest BCUT2D eigenvalue weighted by Crippen LogP contribution is -2.48. The van der Waals surface area contributed by atoms with Gasteiger partial charge >= 0.3 is 0 Å². The largest absolute Gasteiger partial charge is 0.493 e. The van der Waals surface area contributed by atoms with Gasteiger partial charge in [-0.1, -0.05) is 17.3 Å². The number of ether oxygens (including phenoxy) is 1. The molecule has 3 heterocycles. The van der Waals surface area contributed by atoms with E-state index in [0.29, 0.717) is 24.6 Å². The first kappa shape index (κ1) is 18.0. The number of nitrogens with zero attached hydrogens (tertiary/aromatic N) is 4. The Morgan fingerprint density at radius 3 is 2.85 bits per heavy atom. The van der Waals surface area contributed by atoms with Gasteiger partial charge < -0.3 is 14.2 Å². The second-order valence-corrected chi connectivity index (χ2v) is 7.29. The highest BCUT2D eigenvalue weighted by Crippen LogP contribution is 2.26. The number of fused-ring (bicyclic) bond motifs is 1. The summed E-state index contributed by atoms with van der Waals surface area (Å²) in [5.41, 5.74) is 2.65. The van der Waals surface area contributed by atoms with Crippen molar-refractivity contribution in [2.24, 2.45) is 0 Å². The maximum atomic E-state index is 12.4. The second kappa shape index (κ2) is 8.08. The van der Waals surface area contributed by atoms with E-state index in [-0.39, 0.29) is 5.91 Å². The Bertz CT molecular complexity index is 796. The van der Waals surface area contributed by atoms with Gasteiger partial charge in [-0.2, -0.15) is 4.98 Å². The Balaban J connectivity index is 1.19. The number of amides is 1. The quantitative estimate of drug-likeness (QED) is 0.774. The van der Waals surface area contributed by atoms with Gasteiger partial charge in [0.2, 0.25) is 11.8 Å². The van der Waals surface area contributed by atoms with Gasteiger partial charge in [0.25, 0.3) is 0 Å². The molecule has 0 N–H and O–H groups in total. The number of hydrogen-bond donors (Lipinski definition) is 0. The number of aryl methyl sites for hydroxylation is 2. The van der Waals surface area contributed by atoms with Crippen molar-refractivity contribution in [2.45, 2.75) is 39.2 Å². The van der Waals surface area contributed by atoms with Crippen LogP contribution >= 0.6 is 0 Å². The van der Waals surface area contributed by atoms with E-state index in [1.807, 2.05) is 4.90 Å². The number of carbonyl (C=O) groups is 1. The van der Waals surface area contributed by atoms with E-state index in [1.165, 1.54) is 11.1 Å². The maximum Gasteiger partial charge on any atom is 0.226 e. The van der Waals surface area contributed by atoms with E-state index in [1.54, 1.807) is 6.92 Å². The fourth-order valence-electron chi connectivity index (χ4n) is 3.74. The van der Waals surface area contributed by atoms with Crippen molar-refractivity contribution in [3.63, 3.8) is 0 Å². The molecule has 2 aliphatic rings. The van der Waals surface area contributed by atoms with E-state index >= 15 is 0 Å².